The third-order valence-electron chi connectivity index (χ3n) is 2.24. The molecule has 0 aromatic rings. The molecule has 1 saturated heterocycles. The summed E-state index contributed by atoms with van der Waals surface area (Å²) in [4.78, 5) is 0. The third-order valence-corrected chi connectivity index (χ3v) is 2.24. The van der Waals surface area contributed by atoms with E-state index in [1.165, 1.54) is 5.57 Å². The average Bonchev–Trinajstić information content (AvgIpc) is 2.00. The second-order valence-electron chi connectivity index (χ2n) is 4.42. The van der Waals surface area contributed by atoms with Gasteiger partial charge in [-0.2, -0.15) is 0 Å². The predicted octanol–water partition coefficient (Wildman–Crippen LogP) is 2.40. The molecule has 0 N–H and O–H groups in total. The molecule has 1 rings (SSSR count). The van der Waals surface area contributed by atoms with Crippen molar-refractivity contribution in [3.8, 4) is 0 Å². The van der Waals surface area contributed by atoms with Crippen molar-refractivity contribution in [2.24, 2.45) is 5.41 Å². The van der Waals surface area contributed by atoms with Crippen LogP contribution in [-0.2, 0) is 9.47 Å². The van der Waals surface area contributed by atoms with Crippen LogP contribution in [0.4, 0.5) is 0 Å². The van der Waals surface area contributed by atoms with Gasteiger partial charge in [0, 0.05) is 12.0 Å². The van der Waals surface area contributed by atoms with E-state index >= 15 is 0 Å². The van der Waals surface area contributed by atoms with E-state index in [-0.39, 0.29) is 0 Å². The van der Waals surface area contributed by atoms with Gasteiger partial charge in [-0.25, -0.2) is 0 Å². The lowest BCUT2D eigenvalue weighted by atomic mass is 9.90. The second-order valence-corrected chi connectivity index (χ2v) is 4.42. The second kappa shape index (κ2) is 4.77. The Balaban J connectivity index is 1.92. The number of allylic oxidation sites excluding steroid dienone is 1. The maximum absolute atomic E-state index is 5.57. The van der Waals surface area contributed by atoms with Crippen molar-refractivity contribution in [2.75, 3.05) is 26.4 Å². The van der Waals surface area contributed by atoms with E-state index in [1.54, 1.807) is 0 Å². The Morgan fingerprint density at radius 3 is 2.69 bits per heavy atom. The van der Waals surface area contributed by atoms with Crippen molar-refractivity contribution in [1.82, 2.24) is 0 Å². The summed E-state index contributed by atoms with van der Waals surface area (Å²) in [5.74, 6) is 0. The van der Waals surface area contributed by atoms with E-state index in [1.807, 2.05) is 0 Å². The number of ether oxygens (including phenoxy) is 2. The van der Waals surface area contributed by atoms with E-state index < -0.39 is 0 Å². The van der Waals surface area contributed by atoms with Crippen LogP contribution in [0.1, 0.15) is 26.7 Å². The summed E-state index contributed by atoms with van der Waals surface area (Å²) >= 11 is 0. The van der Waals surface area contributed by atoms with Crippen molar-refractivity contribution < 1.29 is 9.47 Å². The molecule has 0 aliphatic carbocycles. The smallest absolute Gasteiger partial charge is 0.0564 e. The molecule has 1 heterocycles. The van der Waals surface area contributed by atoms with Crippen molar-refractivity contribution in [1.29, 1.82) is 0 Å². The van der Waals surface area contributed by atoms with E-state index in [9.17, 15) is 0 Å². The standard InChI is InChI=1S/C11H20O2/c1-10(2)5-4-6-12-7-11(3)8-13-9-11/h1,4-9H2,2-3H3. The van der Waals surface area contributed by atoms with Crippen LogP contribution in [-0.4, -0.2) is 26.4 Å². The summed E-state index contributed by atoms with van der Waals surface area (Å²) in [6.07, 6.45) is 2.17. The summed E-state index contributed by atoms with van der Waals surface area (Å²) in [6.45, 7) is 11.5. The highest BCUT2D eigenvalue weighted by molar-refractivity contribution is 4.87. The summed E-state index contributed by atoms with van der Waals surface area (Å²) in [5.41, 5.74) is 1.53. The molecule has 0 radical (unpaired) electrons. The summed E-state index contributed by atoms with van der Waals surface area (Å²) < 4.78 is 10.7. The fourth-order valence-electron chi connectivity index (χ4n) is 1.33. The Hall–Kier alpha value is -0.340. The van der Waals surface area contributed by atoms with Gasteiger partial charge in [0.1, 0.15) is 0 Å². The molecule has 0 saturated carbocycles. The van der Waals surface area contributed by atoms with Gasteiger partial charge < -0.3 is 9.47 Å². The average molecular weight is 184 g/mol. The number of hydrogen-bond acceptors (Lipinski definition) is 2. The summed E-state index contributed by atoms with van der Waals surface area (Å²) in [5, 5.41) is 0. The van der Waals surface area contributed by atoms with Crippen molar-refractivity contribution in [3.05, 3.63) is 12.2 Å². The van der Waals surface area contributed by atoms with Gasteiger partial charge in [-0.1, -0.05) is 12.5 Å². The van der Waals surface area contributed by atoms with Crippen LogP contribution in [0.5, 0.6) is 0 Å². The molecule has 1 fully saturated rings. The molecule has 0 atom stereocenters. The molecule has 13 heavy (non-hydrogen) atoms. The monoisotopic (exact) mass is 184 g/mol. The van der Waals surface area contributed by atoms with Gasteiger partial charge in [0.15, 0.2) is 0 Å². The van der Waals surface area contributed by atoms with Gasteiger partial charge in [0.2, 0.25) is 0 Å². The Bertz CT molecular complexity index is 171. The van der Waals surface area contributed by atoms with E-state index in [0.29, 0.717) is 5.41 Å². The molecule has 2 nitrogen and oxygen atoms in total. The highest BCUT2D eigenvalue weighted by Crippen LogP contribution is 2.26. The molecule has 0 spiro atoms. The van der Waals surface area contributed by atoms with E-state index in [0.717, 1.165) is 39.3 Å². The Kier molecular flexibility index (Phi) is 3.94. The van der Waals surface area contributed by atoms with Gasteiger partial charge in [0.05, 0.1) is 19.8 Å². The van der Waals surface area contributed by atoms with Crippen molar-refractivity contribution in [2.45, 2.75) is 26.7 Å². The topological polar surface area (TPSA) is 18.5 Å². The lowest BCUT2D eigenvalue weighted by Crippen LogP contribution is -2.43. The summed E-state index contributed by atoms with van der Waals surface area (Å²) in [6, 6.07) is 0. The van der Waals surface area contributed by atoms with Crippen molar-refractivity contribution >= 4 is 0 Å². The zero-order valence-electron chi connectivity index (χ0n) is 8.77. The fourth-order valence-corrected chi connectivity index (χ4v) is 1.33. The van der Waals surface area contributed by atoms with Crippen LogP contribution in [0.15, 0.2) is 12.2 Å². The highest BCUT2D eigenvalue weighted by atomic mass is 16.5. The molecule has 1 aliphatic heterocycles. The number of hydrogen-bond donors (Lipinski definition) is 0. The molecular formula is C11H20O2. The molecule has 0 unspecified atom stereocenters. The summed E-state index contributed by atoms with van der Waals surface area (Å²) in [7, 11) is 0. The minimum absolute atomic E-state index is 0.295. The Morgan fingerprint density at radius 2 is 2.23 bits per heavy atom. The number of rotatable bonds is 6. The first-order valence-corrected chi connectivity index (χ1v) is 4.92. The predicted molar refractivity (Wildman–Crippen MR) is 53.8 cm³/mol. The molecule has 0 aromatic heterocycles. The molecule has 1 aliphatic rings. The lowest BCUT2D eigenvalue weighted by Gasteiger charge is -2.37. The van der Waals surface area contributed by atoms with Crippen LogP contribution >= 0.6 is 0 Å². The molecule has 2 heteroatoms. The fraction of sp³-hybridized carbons (Fsp3) is 0.818. The van der Waals surface area contributed by atoms with Crippen LogP contribution < -0.4 is 0 Å². The Labute approximate surface area is 80.9 Å². The normalized spacial score (nSPS) is 19.5. The van der Waals surface area contributed by atoms with Gasteiger partial charge in [-0.3, -0.25) is 0 Å². The van der Waals surface area contributed by atoms with Gasteiger partial charge in [-0.15, -0.1) is 6.58 Å². The highest BCUT2D eigenvalue weighted by Gasteiger charge is 2.33. The molecule has 0 amide bonds. The molecule has 0 bridgehead atoms. The SMILES string of the molecule is C=C(C)CCCOCC1(C)COC1. The van der Waals surface area contributed by atoms with Crippen LogP contribution in [0.2, 0.25) is 0 Å². The van der Waals surface area contributed by atoms with E-state index in [2.05, 4.69) is 20.4 Å². The van der Waals surface area contributed by atoms with Crippen LogP contribution in [0, 0.1) is 5.41 Å². The Morgan fingerprint density at radius 1 is 1.54 bits per heavy atom. The van der Waals surface area contributed by atoms with E-state index in [4.69, 9.17) is 9.47 Å². The van der Waals surface area contributed by atoms with Gasteiger partial charge in [0.25, 0.3) is 0 Å². The lowest BCUT2D eigenvalue weighted by molar-refractivity contribution is -0.137. The third kappa shape index (κ3) is 3.92. The zero-order chi connectivity index (χ0) is 9.73. The first-order chi connectivity index (χ1) is 6.12. The zero-order valence-corrected chi connectivity index (χ0v) is 8.77. The minimum atomic E-state index is 0.295. The largest absolute Gasteiger partial charge is 0.381 e. The molecular weight excluding hydrogens is 164 g/mol. The van der Waals surface area contributed by atoms with Crippen molar-refractivity contribution in [3.63, 3.8) is 0 Å². The van der Waals surface area contributed by atoms with Gasteiger partial charge >= 0.3 is 0 Å². The van der Waals surface area contributed by atoms with Crippen LogP contribution in [0.25, 0.3) is 0 Å². The van der Waals surface area contributed by atoms with Crippen LogP contribution in [0.3, 0.4) is 0 Å². The van der Waals surface area contributed by atoms with Gasteiger partial charge in [-0.05, 0) is 19.8 Å². The molecule has 0 aromatic carbocycles. The quantitative estimate of drug-likeness (QED) is 0.466. The maximum atomic E-state index is 5.57. The minimum Gasteiger partial charge on any atom is -0.381 e. The molecule has 76 valence electrons. The first kappa shape index (κ1) is 10.7. The first-order valence-electron chi connectivity index (χ1n) is 4.92. The maximum Gasteiger partial charge on any atom is 0.0564 e.